The van der Waals surface area contributed by atoms with Crippen LogP contribution in [0.4, 0.5) is 11.4 Å². The zero-order valence-electron chi connectivity index (χ0n) is 18.1. The number of benzene rings is 2. The third kappa shape index (κ3) is 4.96. The van der Waals surface area contributed by atoms with Crippen LogP contribution in [0.3, 0.4) is 0 Å². The lowest BCUT2D eigenvalue weighted by Crippen LogP contribution is -2.28. The van der Waals surface area contributed by atoms with Crippen LogP contribution in [0.2, 0.25) is 0 Å². The average molecular weight is 446 g/mol. The summed E-state index contributed by atoms with van der Waals surface area (Å²) in [5, 5.41) is 9.71. The van der Waals surface area contributed by atoms with E-state index in [0.29, 0.717) is 28.5 Å². The predicted molar refractivity (Wildman–Crippen MR) is 123 cm³/mol. The Bertz CT molecular complexity index is 1360. The molecule has 0 spiro atoms. The maximum atomic E-state index is 13.1. The zero-order valence-corrected chi connectivity index (χ0v) is 18.1. The van der Waals surface area contributed by atoms with Crippen LogP contribution in [-0.4, -0.2) is 38.1 Å². The van der Waals surface area contributed by atoms with Gasteiger partial charge in [0.2, 0.25) is 11.8 Å². The average Bonchev–Trinajstić information content (AvgIpc) is 3.10. The van der Waals surface area contributed by atoms with Gasteiger partial charge in [-0.05, 0) is 24.3 Å². The lowest BCUT2D eigenvalue weighted by atomic mass is 10.2. The number of carbonyl (C=O) groups excluding carboxylic acids is 2. The highest BCUT2D eigenvalue weighted by molar-refractivity contribution is 5.92. The number of hydrogen-bond donors (Lipinski definition) is 2. The minimum atomic E-state index is -0.475. The number of hydrogen-bond acceptors (Lipinski definition) is 6. The van der Waals surface area contributed by atoms with E-state index in [1.54, 1.807) is 37.4 Å². The van der Waals surface area contributed by atoms with Gasteiger partial charge in [0.15, 0.2) is 5.65 Å². The fourth-order valence-electron chi connectivity index (χ4n) is 3.37. The molecule has 0 unspecified atom stereocenters. The number of nitrogens with one attached hydrogen (secondary N) is 2. The summed E-state index contributed by atoms with van der Waals surface area (Å²) >= 11 is 0. The van der Waals surface area contributed by atoms with Crippen molar-refractivity contribution in [3.63, 3.8) is 0 Å². The van der Waals surface area contributed by atoms with Crippen molar-refractivity contribution in [1.29, 1.82) is 0 Å². The first-order valence-corrected chi connectivity index (χ1v) is 10.2. The molecule has 0 aliphatic carbocycles. The smallest absolute Gasteiger partial charge is 0.352 e. The van der Waals surface area contributed by atoms with Crippen LogP contribution in [0.15, 0.2) is 65.5 Å². The topological polar surface area (TPSA) is 120 Å². The molecular formula is C23H22N6O4. The molecule has 2 aromatic carbocycles. The van der Waals surface area contributed by atoms with E-state index >= 15 is 0 Å². The van der Waals surface area contributed by atoms with Gasteiger partial charge < -0.3 is 15.4 Å². The van der Waals surface area contributed by atoms with Crippen molar-refractivity contribution in [3.8, 4) is 11.4 Å². The lowest BCUT2D eigenvalue weighted by molar-refractivity contribution is -0.117. The minimum absolute atomic E-state index is 0.184. The van der Waals surface area contributed by atoms with Gasteiger partial charge >= 0.3 is 5.69 Å². The molecule has 10 heteroatoms. The number of nitrogens with zero attached hydrogens (tertiary/aromatic N) is 4. The summed E-state index contributed by atoms with van der Waals surface area (Å²) < 4.78 is 7.67. The second-order valence-electron chi connectivity index (χ2n) is 7.31. The first-order chi connectivity index (χ1) is 15.9. The van der Waals surface area contributed by atoms with E-state index in [-0.39, 0.29) is 19.1 Å². The number of aromatic nitrogens is 4. The van der Waals surface area contributed by atoms with Gasteiger partial charge in [-0.2, -0.15) is 0 Å². The van der Waals surface area contributed by atoms with Crippen LogP contribution in [0.25, 0.3) is 17.0 Å². The molecule has 2 amide bonds. The molecule has 0 aliphatic rings. The number of methoxy groups -OCH3 is 1. The van der Waals surface area contributed by atoms with E-state index in [2.05, 4.69) is 20.7 Å². The molecule has 168 valence electrons. The molecule has 33 heavy (non-hydrogen) atoms. The minimum Gasteiger partial charge on any atom is -0.378 e. The van der Waals surface area contributed by atoms with Gasteiger partial charge in [-0.1, -0.05) is 30.3 Å². The Balaban J connectivity index is 1.62. The Morgan fingerprint density at radius 3 is 2.30 bits per heavy atom. The number of carbonyl (C=O) groups is 2. The molecular weight excluding hydrogens is 424 g/mol. The fraction of sp³-hybridized carbons (Fsp3) is 0.174. The number of rotatable bonds is 7. The second kappa shape index (κ2) is 9.45. The number of anilines is 2. The van der Waals surface area contributed by atoms with Crippen molar-refractivity contribution in [3.05, 3.63) is 76.8 Å². The van der Waals surface area contributed by atoms with Gasteiger partial charge in [0.05, 0.1) is 12.3 Å². The molecule has 0 bridgehead atoms. The molecule has 2 heterocycles. The molecule has 0 saturated carbocycles. The summed E-state index contributed by atoms with van der Waals surface area (Å²) in [4.78, 5) is 41.4. The van der Waals surface area contributed by atoms with Crippen LogP contribution < -0.4 is 16.3 Å². The Morgan fingerprint density at radius 1 is 1.00 bits per heavy atom. The van der Waals surface area contributed by atoms with Crippen LogP contribution in [0.5, 0.6) is 0 Å². The number of fused-ring (bicyclic) bond motifs is 1. The van der Waals surface area contributed by atoms with E-state index in [9.17, 15) is 14.4 Å². The van der Waals surface area contributed by atoms with Crippen molar-refractivity contribution >= 4 is 28.8 Å². The molecule has 0 aliphatic heterocycles. The van der Waals surface area contributed by atoms with Crippen LogP contribution in [0.1, 0.15) is 12.6 Å². The maximum absolute atomic E-state index is 13.1. The molecule has 10 nitrogen and oxygen atoms in total. The van der Waals surface area contributed by atoms with Gasteiger partial charge in [-0.25, -0.2) is 18.9 Å². The molecule has 0 fully saturated rings. The standard InChI is InChI=1S/C23H22N6O4/c1-15(30)24-17-8-10-18(11-9-17)25-21(31)13-28-23(32)29-20(27-28)12-19(14-33-2)26-22(29)16-6-4-3-5-7-16/h3-12H,13-14H2,1-2H3,(H,24,30)(H,25,31). The summed E-state index contributed by atoms with van der Waals surface area (Å²) in [5.41, 5.74) is 2.39. The van der Waals surface area contributed by atoms with Gasteiger partial charge in [0.1, 0.15) is 12.4 Å². The Labute approximate surface area is 188 Å². The maximum Gasteiger partial charge on any atom is 0.352 e. The SMILES string of the molecule is COCc1cc2nn(CC(=O)Nc3ccc(NC(C)=O)cc3)c(=O)n2c(-c2ccccc2)n1. The van der Waals surface area contributed by atoms with E-state index in [1.165, 1.54) is 11.3 Å². The van der Waals surface area contributed by atoms with Crippen molar-refractivity contribution in [2.75, 3.05) is 17.7 Å². The summed E-state index contributed by atoms with van der Waals surface area (Å²) in [7, 11) is 1.56. The molecule has 0 atom stereocenters. The monoisotopic (exact) mass is 446 g/mol. The van der Waals surface area contributed by atoms with Gasteiger partial charge in [-0.15, -0.1) is 5.10 Å². The van der Waals surface area contributed by atoms with Gasteiger partial charge in [0, 0.05) is 37.0 Å². The summed E-state index contributed by atoms with van der Waals surface area (Å²) in [5.74, 6) is -0.180. The Kier molecular flexibility index (Phi) is 6.27. The predicted octanol–water partition coefficient (Wildman–Crippen LogP) is 2.30. The van der Waals surface area contributed by atoms with Crippen molar-refractivity contribution in [1.82, 2.24) is 19.2 Å². The van der Waals surface area contributed by atoms with Crippen molar-refractivity contribution in [2.24, 2.45) is 0 Å². The summed E-state index contributed by atoms with van der Waals surface area (Å²) in [6, 6.07) is 17.6. The van der Waals surface area contributed by atoms with E-state index in [1.807, 2.05) is 30.3 Å². The molecule has 0 saturated heterocycles. The van der Waals surface area contributed by atoms with Crippen LogP contribution in [-0.2, 0) is 27.5 Å². The quantitative estimate of drug-likeness (QED) is 0.450. The highest BCUT2D eigenvalue weighted by atomic mass is 16.5. The molecule has 4 aromatic rings. The summed E-state index contributed by atoms with van der Waals surface area (Å²) in [6.45, 7) is 1.40. The zero-order chi connectivity index (χ0) is 23.4. The van der Waals surface area contributed by atoms with Gasteiger partial charge in [0.25, 0.3) is 0 Å². The molecule has 2 N–H and O–H groups in total. The highest BCUT2D eigenvalue weighted by Gasteiger charge is 2.17. The van der Waals surface area contributed by atoms with Crippen molar-refractivity contribution in [2.45, 2.75) is 20.1 Å². The molecule has 4 rings (SSSR count). The number of amides is 2. The van der Waals surface area contributed by atoms with E-state index in [0.717, 1.165) is 10.2 Å². The van der Waals surface area contributed by atoms with E-state index < -0.39 is 11.6 Å². The molecule has 0 radical (unpaired) electrons. The number of ether oxygens (including phenoxy) is 1. The first kappa shape index (κ1) is 21.9. The third-order valence-corrected chi connectivity index (χ3v) is 4.73. The van der Waals surface area contributed by atoms with Gasteiger partial charge in [-0.3, -0.25) is 9.59 Å². The van der Waals surface area contributed by atoms with Crippen LogP contribution >= 0.6 is 0 Å². The fourth-order valence-corrected chi connectivity index (χ4v) is 3.37. The second-order valence-corrected chi connectivity index (χ2v) is 7.31. The normalized spacial score (nSPS) is 10.8. The Hall–Kier alpha value is -4.31. The largest absolute Gasteiger partial charge is 0.378 e. The third-order valence-electron chi connectivity index (χ3n) is 4.73. The van der Waals surface area contributed by atoms with Crippen LogP contribution in [0, 0.1) is 0 Å². The lowest BCUT2D eigenvalue weighted by Gasteiger charge is -2.07. The van der Waals surface area contributed by atoms with E-state index in [4.69, 9.17) is 4.74 Å². The Morgan fingerprint density at radius 2 is 1.67 bits per heavy atom. The molecule has 2 aromatic heterocycles. The summed E-state index contributed by atoms with van der Waals surface area (Å²) in [6.07, 6.45) is 0. The van der Waals surface area contributed by atoms with Crippen molar-refractivity contribution < 1.29 is 14.3 Å². The first-order valence-electron chi connectivity index (χ1n) is 10.2. The highest BCUT2D eigenvalue weighted by Crippen LogP contribution is 2.18.